The van der Waals surface area contributed by atoms with Crippen LogP contribution < -0.4 is 5.73 Å². The van der Waals surface area contributed by atoms with Gasteiger partial charge in [-0.1, -0.05) is 6.92 Å². The summed E-state index contributed by atoms with van der Waals surface area (Å²) < 4.78 is 0. The number of carbonyl (C=O) groups excluding carboxylic acids is 1. The maximum Gasteiger partial charge on any atom is 0.224 e. The molecule has 0 spiro atoms. The van der Waals surface area contributed by atoms with Gasteiger partial charge in [0.15, 0.2) is 0 Å². The highest BCUT2D eigenvalue weighted by Gasteiger charge is 2.26. The summed E-state index contributed by atoms with van der Waals surface area (Å²) in [6, 6.07) is 0.208. The first-order valence-corrected chi connectivity index (χ1v) is 6.35. The summed E-state index contributed by atoms with van der Waals surface area (Å²) in [6.45, 7) is 2.99. The van der Waals surface area contributed by atoms with Crippen molar-refractivity contribution in [3.63, 3.8) is 0 Å². The van der Waals surface area contributed by atoms with Gasteiger partial charge in [-0.3, -0.25) is 4.79 Å². The highest BCUT2D eigenvalue weighted by Crippen LogP contribution is 2.20. The fourth-order valence-electron chi connectivity index (χ4n) is 2.26. The molecule has 3 N–H and O–H groups in total. The average molecular weight is 228 g/mol. The van der Waals surface area contributed by atoms with E-state index in [1.165, 1.54) is 0 Å². The minimum Gasteiger partial charge on any atom is -0.396 e. The maximum absolute atomic E-state index is 12.0. The van der Waals surface area contributed by atoms with Crippen molar-refractivity contribution >= 4 is 5.91 Å². The predicted molar refractivity (Wildman–Crippen MR) is 63.9 cm³/mol. The van der Waals surface area contributed by atoms with E-state index in [0.29, 0.717) is 12.8 Å². The molecule has 4 nitrogen and oxygen atoms in total. The van der Waals surface area contributed by atoms with Crippen LogP contribution in [0.5, 0.6) is 0 Å². The number of rotatable bonds is 5. The smallest absolute Gasteiger partial charge is 0.224 e. The van der Waals surface area contributed by atoms with Crippen LogP contribution in [0.2, 0.25) is 0 Å². The Labute approximate surface area is 97.8 Å². The topological polar surface area (TPSA) is 66.6 Å². The predicted octanol–water partition coefficient (Wildman–Crippen LogP) is 0.877. The maximum atomic E-state index is 12.0. The largest absolute Gasteiger partial charge is 0.396 e. The van der Waals surface area contributed by atoms with Crippen molar-refractivity contribution in [2.45, 2.75) is 57.5 Å². The van der Waals surface area contributed by atoms with Crippen LogP contribution in [0.3, 0.4) is 0 Å². The first-order chi connectivity index (χ1) is 7.69. The van der Waals surface area contributed by atoms with E-state index in [-0.39, 0.29) is 24.6 Å². The number of hydrogen-bond donors (Lipinski definition) is 2. The normalized spacial score (nSPS) is 23.2. The van der Waals surface area contributed by atoms with Gasteiger partial charge in [-0.2, -0.15) is 0 Å². The van der Waals surface area contributed by atoms with Gasteiger partial charge in [0.25, 0.3) is 0 Å². The number of hydrogen-bond acceptors (Lipinski definition) is 3. The Bertz CT molecular complexity index is 219. The zero-order valence-corrected chi connectivity index (χ0v) is 10.2. The van der Waals surface area contributed by atoms with Gasteiger partial charge in [-0.15, -0.1) is 0 Å². The van der Waals surface area contributed by atoms with Gasteiger partial charge in [-0.05, 0) is 32.1 Å². The van der Waals surface area contributed by atoms with Gasteiger partial charge >= 0.3 is 0 Å². The monoisotopic (exact) mass is 228 g/mol. The van der Waals surface area contributed by atoms with Crippen molar-refractivity contribution in [2.24, 2.45) is 5.73 Å². The average Bonchev–Trinajstić information content (AvgIpc) is 2.30. The lowest BCUT2D eigenvalue weighted by atomic mass is 9.98. The van der Waals surface area contributed by atoms with Crippen LogP contribution in [0.4, 0.5) is 0 Å². The minimum atomic E-state index is -0.0239. The Morgan fingerprint density at radius 3 is 2.94 bits per heavy atom. The molecular formula is C12H24N2O2. The first-order valence-electron chi connectivity index (χ1n) is 6.35. The Morgan fingerprint density at radius 1 is 1.56 bits per heavy atom. The van der Waals surface area contributed by atoms with Gasteiger partial charge in [0.05, 0.1) is 0 Å². The molecule has 1 amide bonds. The van der Waals surface area contributed by atoms with Gasteiger partial charge in [0.1, 0.15) is 0 Å². The van der Waals surface area contributed by atoms with Crippen molar-refractivity contribution in [1.82, 2.24) is 4.90 Å². The van der Waals surface area contributed by atoms with E-state index in [1.54, 1.807) is 0 Å². The molecule has 0 saturated carbocycles. The minimum absolute atomic E-state index is 0.0239. The van der Waals surface area contributed by atoms with Crippen LogP contribution in [0.15, 0.2) is 0 Å². The number of carbonyl (C=O) groups is 1. The Morgan fingerprint density at radius 2 is 2.31 bits per heavy atom. The van der Waals surface area contributed by atoms with E-state index in [9.17, 15) is 4.79 Å². The zero-order chi connectivity index (χ0) is 12.0. The number of nitrogens with two attached hydrogens (primary N) is 1. The van der Waals surface area contributed by atoms with Gasteiger partial charge in [0.2, 0.25) is 5.91 Å². The summed E-state index contributed by atoms with van der Waals surface area (Å²) in [6.07, 6.45) is 5.24. The summed E-state index contributed by atoms with van der Waals surface area (Å²) in [4.78, 5) is 13.9. The van der Waals surface area contributed by atoms with E-state index in [2.05, 4.69) is 0 Å². The quantitative estimate of drug-likeness (QED) is 0.734. The van der Waals surface area contributed by atoms with Crippen molar-refractivity contribution in [1.29, 1.82) is 0 Å². The molecule has 0 aromatic carbocycles. The SMILES string of the molecule is CCC(N)CC(=O)N1CCCCC1CCO. The molecule has 4 heteroatoms. The van der Waals surface area contributed by atoms with Gasteiger partial charge < -0.3 is 15.7 Å². The third-order valence-corrected chi connectivity index (χ3v) is 3.37. The Hall–Kier alpha value is -0.610. The third kappa shape index (κ3) is 3.76. The summed E-state index contributed by atoms with van der Waals surface area (Å²) in [5.74, 6) is 0.160. The second-order valence-corrected chi connectivity index (χ2v) is 4.62. The van der Waals surface area contributed by atoms with Gasteiger partial charge in [0, 0.05) is 31.7 Å². The fraction of sp³-hybridized carbons (Fsp3) is 0.917. The van der Waals surface area contributed by atoms with E-state index in [1.807, 2.05) is 11.8 Å². The molecule has 0 aliphatic carbocycles. The Balaban J connectivity index is 2.50. The van der Waals surface area contributed by atoms with E-state index >= 15 is 0 Å². The molecule has 0 aromatic rings. The number of likely N-dealkylation sites (tertiary alicyclic amines) is 1. The van der Waals surface area contributed by atoms with E-state index in [0.717, 1.165) is 32.2 Å². The van der Waals surface area contributed by atoms with Crippen molar-refractivity contribution in [2.75, 3.05) is 13.2 Å². The van der Waals surface area contributed by atoms with Gasteiger partial charge in [-0.25, -0.2) is 0 Å². The lowest BCUT2D eigenvalue weighted by molar-refractivity contribution is -0.135. The molecule has 0 aromatic heterocycles. The van der Waals surface area contributed by atoms with E-state index < -0.39 is 0 Å². The highest BCUT2D eigenvalue weighted by atomic mass is 16.3. The number of amides is 1. The summed E-state index contributed by atoms with van der Waals surface area (Å²) in [5.41, 5.74) is 5.80. The molecule has 16 heavy (non-hydrogen) atoms. The summed E-state index contributed by atoms with van der Waals surface area (Å²) >= 11 is 0. The summed E-state index contributed by atoms with van der Waals surface area (Å²) in [5, 5.41) is 8.98. The van der Waals surface area contributed by atoms with Crippen molar-refractivity contribution in [3.8, 4) is 0 Å². The fourth-order valence-corrected chi connectivity index (χ4v) is 2.26. The number of aliphatic hydroxyl groups excluding tert-OH is 1. The molecule has 0 radical (unpaired) electrons. The molecule has 2 atom stereocenters. The van der Waals surface area contributed by atoms with Crippen LogP contribution in [-0.4, -0.2) is 41.1 Å². The second-order valence-electron chi connectivity index (χ2n) is 4.62. The molecule has 1 aliphatic rings. The molecular weight excluding hydrogens is 204 g/mol. The summed E-state index contributed by atoms with van der Waals surface area (Å²) in [7, 11) is 0. The van der Waals surface area contributed by atoms with Crippen LogP contribution in [0, 0.1) is 0 Å². The zero-order valence-electron chi connectivity index (χ0n) is 10.2. The standard InChI is InChI=1S/C12H24N2O2/c1-2-10(13)9-12(16)14-7-4-3-5-11(14)6-8-15/h10-11,15H,2-9,13H2,1H3. The van der Waals surface area contributed by atoms with Crippen LogP contribution in [0.1, 0.15) is 45.4 Å². The number of aliphatic hydroxyl groups is 1. The Kier molecular flexibility index (Phi) is 5.77. The molecule has 2 unspecified atom stereocenters. The van der Waals surface area contributed by atoms with Crippen LogP contribution >= 0.6 is 0 Å². The van der Waals surface area contributed by atoms with Crippen molar-refractivity contribution < 1.29 is 9.90 Å². The highest BCUT2D eigenvalue weighted by molar-refractivity contribution is 5.77. The van der Waals surface area contributed by atoms with E-state index in [4.69, 9.17) is 10.8 Å². The first kappa shape index (κ1) is 13.5. The molecule has 1 saturated heterocycles. The lowest BCUT2D eigenvalue weighted by Crippen LogP contribution is -2.45. The molecule has 0 bridgehead atoms. The molecule has 1 rings (SSSR count). The third-order valence-electron chi connectivity index (χ3n) is 3.37. The van der Waals surface area contributed by atoms with Crippen molar-refractivity contribution in [3.05, 3.63) is 0 Å². The number of piperidine rings is 1. The second kappa shape index (κ2) is 6.86. The lowest BCUT2D eigenvalue weighted by Gasteiger charge is -2.36. The van der Waals surface area contributed by atoms with Crippen LogP contribution in [-0.2, 0) is 4.79 Å². The molecule has 1 heterocycles. The number of nitrogens with zero attached hydrogens (tertiary/aromatic N) is 1. The van der Waals surface area contributed by atoms with Crippen LogP contribution in [0.25, 0.3) is 0 Å². The molecule has 1 aliphatic heterocycles. The molecule has 1 fully saturated rings. The molecule has 94 valence electrons.